The molecule has 2 aliphatic rings. The van der Waals surface area contributed by atoms with Gasteiger partial charge < -0.3 is 10.6 Å². The summed E-state index contributed by atoms with van der Waals surface area (Å²) in [7, 11) is -1.50. The Morgan fingerprint density at radius 2 is 1.86 bits per heavy atom. The van der Waals surface area contributed by atoms with Crippen molar-refractivity contribution in [1.82, 2.24) is 9.21 Å². The fraction of sp³-hybridized carbons (Fsp3) is 0.933. The molecule has 2 fully saturated rings. The first kappa shape index (κ1) is 17.7. The van der Waals surface area contributed by atoms with E-state index in [1.54, 1.807) is 14.0 Å². The standard InChI is InChI=1S/C15H29N3O3S/c1-3-22(20,21)17(2)13-7-9-18(10-8-13)15(19)14-6-4-5-12(14)11-16/h12-14H,3-11,16H2,1-2H3/t12-,14-/m1/s1. The van der Waals surface area contributed by atoms with Gasteiger partial charge in [0.15, 0.2) is 0 Å². The van der Waals surface area contributed by atoms with Gasteiger partial charge >= 0.3 is 0 Å². The molecular formula is C15H29N3O3S. The average molecular weight is 331 g/mol. The Hall–Kier alpha value is -0.660. The molecule has 2 N–H and O–H groups in total. The number of carbonyl (C=O) groups is 1. The van der Waals surface area contributed by atoms with Crippen molar-refractivity contribution in [2.24, 2.45) is 17.6 Å². The SMILES string of the molecule is CCS(=O)(=O)N(C)C1CCN(C(=O)[C@@H]2CCC[C@@H]2CN)CC1. The van der Waals surface area contributed by atoms with E-state index < -0.39 is 10.0 Å². The average Bonchev–Trinajstić information content (AvgIpc) is 3.02. The molecule has 2 rings (SSSR count). The number of sulfonamides is 1. The van der Waals surface area contributed by atoms with Crippen molar-refractivity contribution in [2.45, 2.75) is 45.1 Å². The number of piperidine rings is 1. The van der Waals surface area contributed by atoms with Gasteiger partial charge in [0.05, 0.1) is 5.75 Å². The van der Waals surface area contributed by atoms with Crippen LogP contribution in [-0.2, 0) is 14.8 Å². The number of hydrogen-bond acceptors (Lipinski definition) is 4. The molecule has 22 heavy (non-hydrogen) atoms. The zero-order chi connectivity index (χ0) is 16.3. The lowest BCUT2D eigenvalue weighted by Crippen LogP contribution is -2.49. The number of amides is 1. The van der Waals surface area contributed by atoms with Crippen molar-refractivity contribution in [3.63, 3.8) is 0 Å². The largest absolute Gasteiger partial charge is 0.342 e. The summed E-state index contributed by atoms with van der Waals surface area (Å²) in [5, 5.41) is 0. The van der Waals surface area contributed by atoms with Gasteiger partial charge in [-0.05, 0) is 45.1 Å². The predicted molar refractivity (Wildman–Crippen MR) is 86.7 cm³/mol. The molecule has 1 amide bonds. The maximum absolute atomic E-state index is 12.6. The highest BCUT2D eigenvalue weighted by atomic mass is 32.2. The van der Waals surface area contributed by atoms with E-state index in [1.807, 2.05) is 4.90 Å². The number of carbonyl (C=O) groups excluding carboxylic acids is 1. The van der Waals surface area contributed by atoms with Gasteiger partial charge in [0.1, 0.15) is 0 Å². The van der Waals surface area contributed by atoms with Gasteiger partial charge in [-0.15, -0.1) is 0 Å². The number of likely N-dealkylation sites (tertiary alicyclic amines) is 1. The quantitative estimate of drug-likeness (QED) is 0.801. The second-order valence-electron chi connectivity index (χ2n) is 6.51. The second kappa shape index (κ2) is 7.27. The Balaban J connectivity index is 1.91. The lowest BCUT2D eigenvalue weighted by Gasteiger charge is -2.37. The van der Waals surface area contributed by atoms with Gasteiger partial charge in [0.2, 0.25) is 15.9 Å². The van der Waals surface area contributed by atoms with Crippen molar-refractivity contribution in [3.8, 4) is 0 Å². The zero-order valence-electron chi connectivity index (χ0n) is 13.7. The molecule has 0 spiro atoms. The van der Waals surface area contributed by atoms with Crippen molar-refractivity contribution in [1.29, 1.82) is 0 Å². The smallest absolute Gasteiger partial charge is 0.226 e. The lowest BCUT2D eigenvalue weighted by molar-refractivity contribution is -0.137. The van der Waals surface area contributed by atoms with Crippen molar-refractivity contribution in [3.05, 3.63) is 0 Å². The molecule has 1 heterocycles. The predicted octanol–water partition coefficient (Wildman–Crippen LogP) is 0.634. The van der Waals surface area contributed by atoms with Crippen LogP contribution in [-0.4, -0.2) is 62.0 Å². The van der Waals surface area contributed by atoms with Crippen molar-refractivity contribution < 1.29 is 13.2 Å². The molecular weight excluding hydrogens is 302 g/mol. The fourth-order valence-electron chi connectivity index (χ4n) is 3.76. The zero-order valence-corrected chi connectivity index (χ0v) is 14.5. The normalized spacial score (nSPS) is 27.5. The highest BCUT2D eigenvalue weighted by Gasteiger charge is 2.37. The first-order valence-corrected chi connectivity index (χ1v) is 9.96. The van der Waals surface area contributed by atoms with Gasteiger partial charge in [0.25, 0.3) is 0 Å². The summed E-state index contributed by atoms with van der Waals surface area (Å²) in [5.74, 6) is 0.766. The van der Waals surface area contributed by atoms with Gasteiger partial charge in [-0.2, -0.15) is 0 Å². The van der Waals surface area contributed by atoms with E-state index >= 15 is 0 Å². The third-order valence-corrected chi connectivity index (χ3v) is 7.28. The maximum atomic E-state index is 12.6. The maximum Gasteiger partial charge on any atom is 0.226 e. The molecule has 1 aliphatic carbocycles. The molecule has 0 aromatic carbocycles. The molecule has 128 valence electrons. The van der Waals surface area contributed by atoms with Crippen molar-refractivity contribution >= 4 is 15.9 Å². The van der Waals surface area contributed by atoms with Crippen LogP contribution in [0.25, 0.3) is 0 Å². The van der Waals surface area contributed by atoms with Crippen LogP contribution in [0, 0.1) is 11.8 Å². The molecule has 6 nitrogen and oxygen atoms in total. The molecule has 0 bridgehead atoms. The third-order valence-electron chi connectivity index (χ3n) is 5.37. The summed E-state index contributed by atoms with van der Waals surface area (Å²) >= 11 is 0. The molecule has 1 aliphatic heterocycles. The van der Waals surface area contributed by atoms with E-state index in [2.05, 4.69) is 0 Å². The van der Waals surface area contributed by atoms with Gasteiger partial charge in [-0.1, -0.05) is 6.42 Å². The Labute approximate surface area is 134 Å². The van der Waals surface area contributed by atoms with Crippen LogP contribution in [0.1, 0.15) is 39.0 Å². The van der Waals surface area contributed by atoms with Gasteiger partial charge in [0, 0.05) is 32.1 Å². The number of nitrogens with zero attached hydrogens (tertiary/aromatic N) is 2. The van der Waals surface area contributed by atoms with Gasteiger partial charge in [-0.25, -0.2) is 12.7 Å². The Morgan fingerprint density at radius 1 is 1.23 bits per heavy atom. The summed E-state index contributed by atoms with van der Waals surface area (Å²) in [6.07, 6.45) is 4.54. The van der Waals surface area contributed by atoms with E-state index in [4.69, 9.17) is 5.73 Å². The fourth-order valence-corrected chi connectivity index (χ4v) is 4.83. The number of rotatable bonds is 5. The van der Waals surface area contributed by atoms with Crippen LogP contribution < -0.4 is 5.73 Å². The Kier molecular flexibility index (Phi) is 5.85. The molecule has 0 unspecified atom stereocenters. The first-order chi connectivity index (χ1) is 10.4. The summed E-state index contributed by atoms with van der Waals surface area (Å²) in [4.78, 5) is 14.6. The highest BCUT2D eigenvalue weighted by Crippen LogP contribution is 2.33. The van der Waals surface area contributed by atoms with E-state index in [0.717, 1.165) is 32.1 Å². The van der Waals surface area contributed by atoms with Crippen molar-refractivity contribution in [2.75, 3.05) is 32.4 Å². The van der Waals surface area contributed by atoms with E-state index in [-0.39, 0.29) is 23.6 Å². The molecule has 1 saturated carbocycles. The highest BCUT2D eigenvalue weighted by molar-refractivity contribution is 7.89. The van der Waals surface area contributed by atoms with Crippen LogP contribution in [0.2, 0.25) is 0 Å². The lowest BCUT2D eigenvalue weighted by atomic mass is 9.93. The van der Waals surface area contributed by atoms with Crippen LogP contribution in [0.3, 0.4) is 0 Å². The summed E-state index contributed by atoms with van der Waals surface area (Å²) in [5.41, 5.74) is 5.77. The molecule has 2 atom stereocenters. The minimum atomic E-state index is -3.15. The number of hydrogen-bond donors (Lipinski definition) is 1. The minimum absolute atomic E-state index is 0.0166. The summed E-state index contributed by atoms with van der Waals surface area (Å²) < 4.78 is 25.4. The van der Waals surface area contributed by atoms with Crippen LogP contribution in [0.15, 0.2) is 0 Å². The van der Waals surface area contributed by atoms with E-state index in [0.29, 0.717) is 25.6 Å². The minimum Gasteiger partial charge on any atom is -0.342 e. The Bertz CT molecular complexity index is 486. The molecule has 0 radical (unpaired) electrons. The molecule has 0 aromatic heterocycles. The monoisotopic (exact) mass is 331 g/mol. The Morgan fingerprint density at radius 3 is 2.41 bits per heavy atom. The summed E-state index contributed by atoms with van der Waals surface area (Å²) in [6.45, 7) is 3.56. The van der Waals surface area contributed by atoms with Gasteiger partial charge in [-0.3, -0.25) is 4.79 Å². The van der Waals surface area contributed by atoms with Crippen LogP contribution >= 0.6 is 0 Å². The third kappa shape index (κ3) is 3.63. The van der Waals surface area contributed by atoms with E-state index in [9.17, 15) is 13.2 Å². The van der Waals surface area contributed by atoms with Crippen LogP contribution in [0.5, 0.6) is 0 Å². The number of nitrogens with two attached hydrogens (primary N) is 1. The summed E-state index contributed by atoms with van der Waals surface area (Å²) in [6, 6.07) is 0.0166. The molecule has 7 heteroatoms. The molecule has 1 saturated heterocycles. The first-order valence-electron chi connectivity index (χ1n) is 8.35. The molecule has 0 aromatic rings. The second-order valence-corrected chi connectivity index (χ2v) is 8.82. The topological polar surface area (TPSA) is 83.7 Å². The van der Waals surface area contributed by atoms with E-state index in [1.165, 1.54) is 4.31 Å². The van der Waals surface area contributed by atoms with Crippen LogP contribution in [0.4, 0.5) is 0 Å².